The minimum atomic E-state index is -0.300. The van der Waals surface area contributed by atoms with E-state index < -0.39 is 0 Å². The van der Waals surface area contributed by atoms with Crippen molar-refractivity contribution in [2.45, 2.75) is 6.92 Å². The molecule has 0 radical (unpaired) electrons. The second kappa shape index (κ2) is 10.4. The standard InChI is InChI=1S/C30H27N3O4S/c1-17-5-7-18(8-6-17)23-16-22(19-9-14-24(36-3)25(15-19)37-4)26-27(31)28(38-30(26)33-23)29(34)32-20-10-12-21(35-2)13-11-20/h5-16H,31H2,1-4H3,(H,32,34). The summed E-state index contributed by atoms with van der Waals surface area (Å²) >= 11 is 1.27. The van der Waals surface area contributed by atoms with Crippen LogP contribution in [0.15, 0.2) is 72.8 Å². The van der Waals surface area contributed by atoms with E-state index in [1.165, 1.54) is 11.3 Å². The Labute approximate surface area is 224 Å². The number of hydrogen-bond donors (Lipinski definition) is 2. The molecule has 3 aromatic carbocycles. The molecule has 0 spiro atoms. The van der Waals surface area contributed by atoms with Crippen molar-refractivity contribution in [2.75, 3.05) is 32.4 Å². The van der Waals surface area contributed by atoms with Gasteiger partial charge in [0.05, 0.1) is 32.7 Å². The van der Waals surface area contributed by atoms with E-state index in [0.717, 1.165) is 33.3 Å². The summed E-state index contributed by atoms with van der Waals surface area (Å²) in [5.74, 6) is 1.62. The number of pyridine rings is 1. The molecular weight excluding hydrogens is 498 g/mol. The Morgan fingerprint density at radius 3 is 2.18 bits per heavy atom. The van der Waals surface area contributed by atoms with Gasteiger partial charge in [-0.15, -0.1) is 11.3 Å². The molecule has 5 rings (SSSR count). The number of amides is 1. The van der Waals surface area contributed by atoms with Crippen molar-refractivity contribution in [2.24, 2.45) is 0 Å². The van der Waals surface area contributed by atoms with Gasteiger partial charge in [0, 0.05) is 16.6 Å². The number of nitrogens with two attached hydrogens (primary N) is 1. The van der Waals surface area contributed by atoms with Gasteiger partial charge in [0.15, 0.2) is 11.5 Å². The summed E-state index contributed by atoms with van der Waals surface area (Å²) in [5.41, 5.74) is 12.3. The molecule has 7 nitrogen and oxygen atoms in total. The van der Waals surface area contributed by atoms with E-state index in [-0.39, 0.29) is 5.91 Å². The number of nitrogens with one attached hydrogen (secondary N) is 1. The van der Waals surface area contributed by atoms with Crippen LogP contribution in [0.25, 0.3) is 32.6 Å². The Morgan fingerprint density at radius 1 is 0.842 bits per heavy atom. The van der Waals surface area contributed by atoms with E-state index in [2.05, 4.69) is 5.32 Å². The Balaban J connectivity index is 1.66. The number of nitrogen functional groups attached to an aromatic ring is 1. The van der Waals surface area contributed by atoms with E-state index in [1.54, 1.807) is 45.6 Å². The summed E-state index contributed by atoms with van der Waals surface area (Å²) in [6, 6.07) is 23.0. The third-order valence-corrected chi connectivity index (χ3v) is 7.39. The maximum absolute atomic E-state index is 13.3. The lowest BCUT2D eigenvalue weighted by Gasteiger charge is -2.12. The normalized spacial score (nSPS) is 10.8. The molecule has 192 valence electrons. The van der Waals surface area contributed by atoms with Crippen LogP contribution in [0.4, 0.5) is 11.4 Å². The second-order valence-electron chi connectivity index (χ2n) is 8.70. The van der Waals surface area contributed by atoms with Gasteiger partial charge in [0.1, 0.15) is 15.5 Å². The fourth-order valence-corrected chi connectivity index (χ4v) is 5.27. The molecule has 0 aliphatic rings. The molecule has 2 heterocycles. The minimum Gasteiger partial charge on any atom is -0.497 e. The molecule has 0 aliphatic carbocycles. The number of nitrogens with zero attached hydrogens (tertiary/aromatic N) is 1. The molecular formula is C30H27N3O4S. The Kier molecular flexibility index (Phi) is 6.89. The number of aromatic nitrogens is 1. The molecule has 0 fully saturated rings. The highest BCUT2D eigenvalue weighted by Gasteiger charge is 2.22. The van der Waals surface area contributed by atoms with E-state index in [1.807, 2.05) is 55.5 Å². The molecule has 5 aromatic rings. The summed E-state index contributed by atoms with van der Waals surface area (Å²) in [7, 11) is 4.80. The first-order valence-corrected chi connectivity index (χ1v) is 12.7. The third-order valence-electron chi connectivity index (χ3n) is 6.29. The van der Waals surface area contributed by atoms with Gasteiger partial charge in [-0.05, 0) is 60.5 Å². The number of ether oxygens (including phenoxy) is 3. The van der Waals surface area contributed by atoms with Crippen LogP contribution in [-0.4, -0.2) is 32.2 Å². The van der Waals surface area contributed by atoms with Crippen LogP contribution in [0.1, 0.15) is 15.2 Å². The molecule has 0 aliphatic heterocycles. The number of hydrogen-bond acceptors (Lipinski definition) is 7. The molecule has 0 saturated heterocycles. The monoisotopic (exact) mass is 525 g/mol. The van der Waals surface area contributed by atoms with Crippen molar-refractivity contribution in [3.05, 3.63) is 83.2 Å². The number of fused-ring (bicyclic) bond motifs is 1. The predicted molar refractivity (Wildman–Crippen MR) is 154 cm³/mol. The van der Waals surface area contributed by atoms with Crippen molar-refractivity contribution in [3.63, 3.8) is 0 Å². The lowest BCUT2D eigenvalue weighted by Crippen LogP contribution is -2.11. The maximum Gasteiger partial charge on any atom is 0.267 e. The van der Waals surface area contributed by atoms with Crippen molar-refractivity contribution in [3.8, 4) is 39.6 Å². The van der Waals surface area contributed by atoms with E-state index in [4.69, 9.17) is 24.9 Å². The first-order valence-electron chi connectivity index (χ1n) is 11.9. The van der Waals surface area contributed by atoms with Crippen molar-refractivity contribution < 1.29 is 19.0 Å². The number of carbonyl (C=O) groups excluding carboxylic acids is 1. The van der Waals surface area contributed by atoms with Crippen LogP contribution in [0.5, 0.6) is 17.2 Å². The van der Waals surface area contributed by atoms with Gasteiger partial charge < -0.3 is 25.3 Å². The molecule has 8 heteroatoms. The van der Waals surface area contributed by atoms with Crippen molar-refractivity contribution in [1.29, 1.82) is 0 Å². The van der Waals surface area contributed by atoms with Crippen LogP contribution in [0.3, 0.4) is 0 Å². The first-order chi connectivity index (χ1) is 18.4. The summed E-state index contributed by atoms with van der Waals surface area (Å²) in [6.45, 7) is 2.04. The van der Waals surface area contributed by atoms with Crippen LogP contribution >= 0.6 is 11.3 Å². The van der Waals surface area contributed by atoms with Crippen molar-refractivity contribution in [1.82, 2.24) is 4.98 Å². The molecule has 3 N–H and O–H groups in total. The highest BCUT2D eigenvalue weighted by atomic mass is 32.1. The number of benzene rings is 3. The average Bonchev–Trinajstić information content (AvgIpc) is 3.29. The topological polar surface area (TPSA) is 95.7 Å². The fourth-order valence-electron chi connectivity index (χ4n) is 4.26. The fraction of sp³-hybridized carbons (Fsp3) is 0.133. The molecule has 38 heavy (non-hydrogen) atoms. The lowest BCUT2D eigenvalue weighted by molar-refractivity contribution is 0.103. The van der Waals surface area contributed by atoms with Crippen molar-refractivity contribution >= 4 is 38.8 Å². The van der Waals surface area contributed by atoms with Gasteiger partial charge in [-0.1, -0.05) is 35.9 Å². The average molecular weight is 526 g/mol. The summed E-state index contributed by atoms with van der Waals surface area (Å²) in [5, 5.41) is 3.65. The predicted octanol–water partition coefficient (Wildman–Crippen LogP) is 6.80. The zero-order valence-corrected chi connectivity index (χ0v) is 22.3. The number of carbonyl (C=O) groups is 1. The smallest absolute Gasteiger partial charge is 0.267 e. The van der Waals surface area contributed by atoms with E-state index in [9.17, 15) is 4.79 Å². The van der Waals surface area contributed by atoms with E-state index in [0.29, 0.717) is 38.3 Å². The molecule has 0 bridgehead atoms. The van der Waals surface area contributed by atoms with Crippen LogP contribution < -0.4 is 25.3 Å². The summed E-state index contributed by atoms with van der Waals surface area (Å²) in [6.07, 6.45) is 0. The second-order valence-corrected chi connectivity index (χ2v) is 9.70. The van der Waals surface area contributed by atoms with Gasteiger partial charge in [0.25, 0.3) is 5.91 Å². The van der Waals surface area contributed by atoms with Crippen LogP contribution in [0.2, 0.25) is 0 Å². The summed E-state index contributed by atoms with van der Waals surface area (Å²) in [4.78, 5) is 19.3. The molecule has 0 atom stereocenters. The SMILES string of the molecule is COc1ccc(NC(=O)c2sc3nc(-c4ccc(C)cc4)cc(-c4ccc(OC)c(OC)c4)c3c2N)cc1. The number of anilines is 2. The van der Waals surface area contributed by atoms with Gasteiger partial charge in [-0.2, -0.15) is 0 Å². The maximum atomic E-state index is 13.3. The van der Waals surface area contributed by atoms with E-state index >= 15 is 0 Å². The molecule has 0 unspecified atom stereocenters. The number of methoxy groups -OCH3 is 3. The Bertz CT molecular complexity index is 1630. The molecule has 0 saturated carbocycles. The van der Waals surface area contributed by atoms with Crippen LogP contribution in [0, 0.1) is 6.92 Å². The van der Waals surface area contributed by atoms with Gasteiger partial charge in [0.2, 0.25) is 0 Å². The number of aryl methyl sites for hydroxylation is 1. The number of rotatable bonds is 7. The highest BCUT2D eigenvalue weighted by molar-refractivity contribution is 7.21. The zero-order valence-electron chi connectivity index (χ0n) is 21.5. The minimum absolute atomic E-state index is 0.300. The Hall–Kier alpha value is -4.56. The highest BCUT2D eigenvalue weighted by Crippen LogP contribution is 2.43. The molecule has 2 aromatic heterocycles. The summed E-state index contributed by atoms with van der Waals surface area (Å²) < 4.78 is 16.2. The quantitative estimate of drug-likeness (QED) is 0.243. The zero-order chi connectivity index (χ0) is 26.8. The van der Waals surface area contributed by atoms with Gasteiger partial charge in [-0.3, -0.25) is 4.79 Å². The number of thiophene rings is 1. The lowest BCUT2D eigenvalue weighted by atomic mass is 9.98. The third kappa shape index (κ3) is 4.73. The Morgan fingerprint density at radius 2 is 1.53 bits per heavy atom. The first kappa shape index (κ1) is 25.1. The largest absolute Gasteiger partial charge is 0.497 e. The van der Waals surface area contributed by atoms with Gasteiger partial charge >= 0.3 is 0 Å². The van der Waals surface area contributed by atoms with Gasteiger partial charge in [-0.25, -0.2) is 4.98 Å². The van der Waals surface area contributed by atoms with Crippen LogP contribution in [-0.2, 0) is 0 Å². The molecule has 1 amide bonds.